The van der Waals surface area contributed by atoms with Gasteiger partial charge < -0.3 is 10.1 Å². The second-order valence-corrected chi connectivity index (χ2v) is 7.29. The Morgan fingerprint density at radius 2 is 2.00 bits per heavy atom. The molecule has 0 fully saturated rings. The minimum absolute atomic E-state index is 0.0831. The van der Waals surface area contributed by atoms with Crippen LogP contribution in [0.1, 0.15) is 11.3 Å². The van der Waals surface area contributed by atoms with Crippen molar-refractivity contribution in [2.24, 2.45) is 0 Å². The van der Waals surface area contributed by atoms with E-state index in [1.165, 1.54) is 33.8 Å². The Morgan fingerprint density at radius 3 is 2.70 bits per heavy atom. The van der Waals surface area contributed by atoms with Crippen molar-refractivity contribution in [3.63, 3.8) is 0 Å². The van der Waals surface area contributed by atoms with E-state index in [4.69, 9.17) is 4.18 Å². The molecule has 0 saturated heterocycles. The molecular formula is C15H16N6O5S. The van der Waals surface area contributed by atoms with Crippen molar-refractivity contribution in [2.45, 2.75) is 24.9 Å². The molecule has 0 bridgehead atoms. The molecule has 0 N–H and O–H groups in total. The zero-order valence-corrected chi connectivity index (χ0v) is 15.1. The van der Waals surface area contributed by atoms with E-state index < -0.39 is 15.0 Å². The molecule has 2 aromatic heterocycles. The van der Waals surface area contributed by atoms with Gasteiger partial charge in [-0.3, -0.25) is 4.18 Å². The summed E-state index contributed by atoms with van der Waals surface area (Å²) < 4.78 is 32.0. The molecule has 0 unspecified atom stereocenters. The summed E-state index contributed by atoms with van der Waals surface area (Å²) in [6.45, 7) is 2.02. The van der Waals surface area contributed by atoms with Crippen molar-refractivity contribution in [2.75, 3.05) is 6.61 Å². The summed E-state index contributed by atoms with van der Waals surface area (Å²) in [6.07, 6.45) is 4.35. The Balaban J connectivity index is 1.57. The lowest BCUT2D eigenvalue weighted by Crippen LogP contribution is -2.12. The van der Waals surface area contributed by atoms with E-state index in [2.05, 4.69) is 15.3 Å². The number of nitro groups is 1. The third kappa shape index (κ3) is 4.54. The van der Waals surface area contributed by atoms with Gasteiger partial charge in [-0.2, -0.15) is 8.42 Å². The fraction of sp³-hybridized carbons (Fsp3) is 0.267. The topological polar surface area (TPSA) is 135 Å². The lowest BCUT2D eigenvalue weighted by atomic mass is 10.2. The van der Waals surface area contributed by atoms with E-state index in [0.29, 0.717) is 5.69 Å². The summed E-state index contributed by atoms with van der Waals surface area (Å²) in [5, 5.41) is 18.6. The van der Waals surface area contributed by atoms with E-state index in [0.717, 1.165) is 5.56 Å². The first-order chi connectivity index (χ1) is 12.8. The van der Waals surface area contributed by atoms with Gasteiger partial charge in [-0.1, -0.05) is 27.9 Å². The third-order valence-electron chi connectivity index (χ3n) is 3.64. The maximum Gasteiger partial charge on any atom is 0.434 e. The van der Waals surface area contributed by atoms with Crippen molar-refractivity contribution < 1.29 is 17.5 Å². The fourth-order valence-corrected chi connectivity index (χ4v) is 3.20. The number of hydrogen-bond donors (Lipinski definition) is 0. The predicted molar refractivity (Wildman–Crippen MR) is 92.3 cm³/mol. The Kier molecular flexibility index (Phi) is 5.28. The molecule has 0 spiro atoms. The molecule has 0 radical (unpaired) electrons. The number of benzene rings is 1. The molecule has 2 heterocycles. The predicted octanol–water partition coefficient (Wildman–Crippen LogP) is 1.15. The first-order valence-corrected chi connectivity index (χ1v) is 9.26. The fourth-order valence-electron chi connectivity index (χ4n) is 2.31. The van der Waals surface area contributed by atoms with E-state index in [9.17, 15) is 18.5 Å². The summed E-state index contributed by atoms with van der Waals surface area (Å²) in [6, 6.07) is 6.34. The highest BCUT2D eigenvalue weighted by molar-refractivity contribution is 7.86. The van der Waals surface area contributed by atoms with Crippen LogP contribution in [0.25, 0.3) is 0 Å². The summed E-state index contributed by atoms with van der Waals surface area (Å²) in [5.41, 5.74) is 1.42. The van der Waals surface area contributed by atoms with Crippen LogP contribution < -0.4 is 0 Å². The first kappa shape index (κ1) is 18.7. The van der Waals surface area contributed by atoms with Gasteiger partial charge in [-0.25, -0.2) is 9.25 Å². The van der Waals surface area contributed by atoms with E-state index >= 15 is 0 Å². The molecule has 27 heavy (non-hydrogen) atoms. The highest BCUT2D eigenvalue weighted by Gasteiger charge is 2.17. The largest absolute Gasteiger partial charge is 0.434 e. The number of aryl methyl sites for hydroxylation is 1. The van der Waals surface area contributed by atoms with E-state index in [1.807, 2.05) is 6.92 Å². The Hall–Kier alpha value is -3.12. The van der Waals surface area contributed by atoms with Gasteiger partial charge in [0.15, 0.2) is 0 Å². The highest BCUT2D eigenvalue weighted by atomic mass is 32.2. The minimum Gasteiger partial charge on any atom is -0.390 e. The summed E-state index contributed by atoms with van der Waals surface area (Å²) >= 11 is 0. The van der Waals surface area contributed by atoms with Crippen LogP contribution >= 0.6 is 0 Å². The molecular weight excluding hydrogens is 376 g/mol. The molecule has 0 aliphatic heterocycles. The van der Waals surface area contributed by atoms with Crippen LogP contribution in [-0.2, 0) is 27.4 Å². The minimum atomic E-state index is -3.85. The molecule has 142 valence electrons. The second-order valence-electron chi connectivity index (χ2n) is 5.67. The van der Waals surface area contributed by atoms with E-state index in [-0.39, 0.29) is 30.5 Å². The van der Waals surface area contributed by atoms with Crippen LogP contribution in [0.4, 0.5) is 5.95 Å². The average molecular weight is 392 g/mol. The number of hydrogen-bond acceptors (Lipinski definition) is 8. The zero-order valence-electron chi connectivity index (χ0n) is 14.3. The van der Waals surface area contributed by atoms with Crippen LogP contribution in [0, 0.1) is 17.0 Å². The van der Waals surface area contributed by atoms with Gasteiger partial charge in [-0.15, -0.1) is 5.10 Å². The number of nitrogens with zero attached hydrogens (tertiary/aromatic N) is 6. The number of imidazole rings is 1. The number of aromatic nitrogens is 5. The molecule has 0 atom stereocenters. The SMILES string of the molecule is Cc1ccc(S(=O)(=O)OCCn2cc(Cn3ccnc3[N+](=O)[O-])nn2)cc1. The first-order valence-electron chi connectivity index (χ1n) is 7.86. The van der Waals surface area contributed by atoms with Crippen molar-refractivity contribution in [3.8, 4) is 0 Å². The summed E-state index contributed by atoms with van der Waals surface area (Å²) in [5.74, 6) is -0.294. The van der Waals surface area contributed by atoms with Crippen LogP contribution in [0.3, 0.4) is 0 Å². The number of rotatable bonds is 8. The van der Waals surface area contributed by atoms with Gasteiger partial charge in [0.25, 0.3) is 10.1 Å². The van der Waals surface area contributed by atoms with Crippen molar-refractivity contribution in [3.05, 3.63) is 64.2 Å². The van der Waals surface area contributed by atoms with Crippen molar-refractivity contribution in [1.29, 1.82) is 0 Å². The molecule has 1 aromatic carbocycles. The monoisotopic (exact) mass is 392 g/mol. The smallest absolute Gasteiger partial charge is 0.390 e. The standard InChI is InChI=1S/C15H16N6O5S/c1-12-2-4-14(5-3-12)27(24,25)26-9-8-20-11-13(17-18-20)10-19-7-6-16-15(19)21(22)23/h2-7,11H,8-10H2,1H3. The van der Waals surface area contributed by atoms with Crippen molar-refractivity contribution >= 4 is 16.1 Å². The van der Waals surface area contributed by atoms with Gasteiger partial charge in [0.05, 0.1) is 24.2 Å². The Bertz CT molecular complexity index is 1040. The Labute approximate surface area is 154 Å². The molecule has 0 saturated carbocycles. The second kappa shape index (κ2) is 7.63. The summed E-state index contributed by atoms with van der Waals surface area (Å²) in [7, 11) is -3.85. The van der Waals surface area contributed by atoms with Crippen LogP contribution in [0.2, 0.25) is 0 Å². The van der Waals surface area contributed by atoms with Gasteiger partial charge in [0.2, 0.25) is 0 Å². The van der Waals surface area contributed by atoms with Crippen LogP contribution in [0.15, 0.2) is 47.8 Å². The summed E-state index contributed by atoms with van der Waals surface area (Å²) in [4.78, 5) is 14.0. The normalized spacial score (nSPS) is 11.6. The highest BCUT2D eigenvalue weighted by Crippen LogP contribution is 2.13. The molecule has 0 aliphatic rings. The van der Waals surface area contributed by atoms with Gasteiger partial charge in [0, 0.05) is 0 Å². The lowest BCUT2D eigenvalue weighted by molar-refractivity contribution is -0.396. The average Bonchev–Trinajstić information content (AvgIpc) is 3.25. The molecule has 3 aromatic rings. The quantitative estimate of drug-likeness (QED) is 0.316. The maximum atomic E-state index is 12.1. The molecule has 12 heteroatoms. The third-order valence-corrected chi connectivity index (χ3v) is 4.97. The van der Waals surface area contributed by atoms with Gasteiger partial charge >= 0.3 is 5.95 Å². The molecule has 3 rings (SSSR count). The van der Waals surface area contributed by atoms with Crippen molar-refractivity contribution in [1.82, 2.24) is 24.5 Å². The Morgan fingerprint density at radius 1 is 1.26 bits per heavy atom. The maximum absolute atomic E-state index is 12.1. The molecule has 0 amide bonds. The van der Waals surface area contributed by atoms with Crippen LogP contribution in [-0.4, -0.2) is 44.5 Å². The van der Waals surface area contributed by atoms with Gasteiger partial charge in [0.1, 0.15) is 24.6 Å². The molecule has 11 nitrogen and oxygen atoms in total. The van der Waals surface area contributed by atoms with Gasteiger partial charge in [-0.05, 0) is 24.0 Å². The lowest BCUT2D eigenvalue weighted by Gasteiger charge is -2.05. The van der Waals surface area contributed by atoms with E-state index in [1.54, 1.807) is 18.3 Å². The van der Waals surface area contributed by atoms with Crippen LogP contribution in [0.5, 0.6) is 0 Å². The zero-order chi connectivity index (χ0) is 19.4. The molecule has 0 aliphatic carbocycles.